The molecule has 8 heteroatoms. The zero-order chi connectivity index (χ0) is 80.4. The van der Waals surface area contributed by atoms with E-state index in [1.54, 1.807) is 0 Å². The van der Waals surface area contributed by atoms with Crippen LogP contribution in [-0.2, 0) is 10.8 Å². The van der Waals surface area contributed by atoms with E-state index in [1.807, 2.05) is 72.1 Å². The summed E-state index contributed by atoms with van der Waals surface area (Å²) in [5.74, 6) is 1.40. The van der Waals surface area contributed by atoms with Gasteiger partial charge in [-0.25, -0.2) is 29.9 Å². The summed E-state index contributed by atoms with van der Waals surface area (Å²) in [6, 6.07) is 153. The van der Waals surface area contributed by atoms with Crippen molar-refractivity contribution >= 4 is 66.9 Å². The molecule has 0 atom stereocenters. The summed E-state index contributed by atoms with van der Waals surface area (Å²) in [6.45, 7) is 0. The van der Waals surface area contributed by atoms with E-state index in [0.717, 1.165) is 111 Å². The zero-order valence-corrected chi connectivity index (χ0v) is 67.5. The molecule has 0 fully saturated rings. The Morgan fingerprint density at radius 1 is 0.164 bits per heavy atom. The highest BCUT2D eigenvalue weighted by Gasteiger charge is 2.52. The third kappa shape index (κ3) is 11.4. The Morgan fingerprint density at radius 2 is 0.434 bits per heavy atom. The van der Waals surface area contributed by atoms with E-state index < -0.39 is 10.8 Å². The van der Waals surface area contributed by atoms with Crippen molar-refractivity contribution in [1.82, 2.24) is 29.9 Å². The molecule has 0 radical (unpaired) electrons. The number of hydrogen-bond donors (Lipinski definition) is 0. The molecule has 2 aliphatic heterocycles. The van der Waals surface area contributed by atoms with Crippen LogP contribution in [0.2, 0.25) is 0 Å². The van der Waals surface area contributed by atoms with E-state index in [9.17, 15) is 0 Å². The summed E-state index contributed by atoms with van der Waals surface area (Å²) in [5.41, 5.74) is 33.0. The highest BCUT2D eigenvalue weighted by Crippen LogP contribution is 2.65. The third-order valence-electron chi connectivity index (χ3n) is 25.1. The van der Waals surface area contributed by atoms with Crippen LogP contribution in [0.25, 0.3) is 167 Å². The molecule has 6 nitrogen and oxygen atoms in total. The topological polar surface area (TPSA) is 77.3 Å². The summed E-state index contributed by atoms with van der Waals surface area (Å²) in [6.07, 6.45) is 0. The first-order valence-corrected chi connectivity index (χ1v) is 43.1. The largest absolute Gasteiger partial charge is 0.247 e. The second-order valence-electron chi connectivity index (χ2n) is 31.7. The van der Waals surface area contributed by atoms with Gasteiger partial charge in [-0.3, -0.25) is 0 Å². The first kappa shape index (κ1) is 71.1. The number of benzene rings is 17. The van der Waals surface area contributed by atoms with Crippen LogP contribution >= 0.6 is 23.5 Å². The van der Waals surface area contributed by atoms with Crippen LogP contribution in [0, 0.1) is 0 Å². The van der Waals surface area contributed by atoms with Crippen LogP contribution < -0.4 is 0 Å². The van der Waals surface area contributed by atoms with Crippen LogP contribution in [0.1, 0.15) is 44.5 Å². The van der Waals surface area contributed by atoms with E-state index >= 15 is 0 Å². The lowest BCUT2D eigenvalue weighted by Gasteiger charge is -2.40. The average Bonchev–Trinajstić information content (AvgIpc) is 1.48. The fraction of sp³-hybridized carbons (Fsp3) is 0.0175. The Kier molecular flexibility index (Phi) is 16.8. The zero-order valence-electron chi connectivity index (χ0n) is 65.9. The molecule has 17 aromatic carbocycles. The van der Waals surface area contributed by atoms with Crippen LogP contribution in [0.15, 0.2) is 444 Å². The maximum atomic E-state index is 5.43. The van der Waals surface area contributed by atoms with Crippen molar-refractivity contribution in [3.05, 3.63) is 469 Å². The van der Waals surface area contributed by atoms with Crippen LogP contribution in [-0.4, -0.2) is 29.9 Å². The molecule has 4 aliphatic rings. The van der Waals surface area contributed by atoms with E-state index in [4.69, 9.17) is 29.9 Å². The minimum absolute atomic E-state index is 0.445. The molecular weight excluding hydrogens is 1520 g/mol. The number of rotatable bonds is 9. The van der Waals surface area contributed by atoms with Crippen LogP contribution in [0.3, 0.4) is 0 Å². The molecule has 0 saturated heterocycles. The molecule has 21 aromatic rings. The molecule has 0 bridgehead atoms. The van der Waals surface area contributed by atoms with Gasteiger partial charge in [-0.15, -0.1) is 0 Å². The van der Waals surface area contributed by atoms with E-state index in [1.165, 1.54) is 108 Å². The second kappa shape index (κ2) is 28.9. The van der Waals surface area contributed by atoms with Crippen molar-refractivity contribution in [2.45, 2.75) is 30.4 Å². The summed E-state index contributed by atoms with van der Waals surface area (Å²) < 4.78 is 0. The number of para-hydroxylation sites is 2. The van der Waals surface area contributed by atoms with Gasteiger partial charge < -0.3 is 0 Å². The van der Waals surface area contributed by atoms with Crippen molar-refractivity contribution in [1.29, 1.82) is 0 Å². The van der Waals surface area contributed by atoms with Crippen molar-refractivity contribution < 1.29 is 0 Å². The number of hydrogen-bond acceptors (Lipinski definition) is 8. The quantitative estimate of drug-likeness (QED) is 0.132. The number of nitrogens with zero attached hydrogens (tertiary/aromatic N) is 6. The van der Waals surface area contributed by atoms with Gasteiger partial charge in [-0.1, -0.05) is 388 Å². The van der Waals surface area contributed by atoms with E-state index in [0.29, 0.717) is 11.6 Å². The van der Waals surface area contributed by atoms with Gasteiger partial charge in [0.2, 0.25) is 0 Å². The van der Waals surface area contributed by atoms with Gasteiger partial charge in [0.1, 0.15) is 0 Å². The maximum Gasteiger partial charge on any atom is 0.160 e. The molecule has 25 rings (SSSR count). The predicted octanol–water partition coefficient (Wildman–Crippen LogP) is 29.0. The summed E-state index contributed by atoms with van der Waals surface area (Å²) in [5, 5.41) is 7.00. The average molecular weight is 1590 g/mol. The lowest BCUT2D eigenvalue weighted by molar-refractivity contribution is 0.724. The standard InChI is InChI=1S/C60H37N3S.C54H33N3S/c1-3-15-38(16-4-1)39-27-29-40(30-28-39)54-37-55(63-59(62-54)43-17-5-2-6-18-43)41-31-33-42(34-32-41)58-48-36-57-52(35-47(48)46-21-9-13-25-53(46)61-58)60(51-24-12-14-26-56(51)64-57)49-22-10-7-19-44(49)45-20-8-11-23-50(45)60;1-3-15-34(16-4-1)48-33-49(57-53(56-48)37-17-5-2-6-18-37)35-27-29-36(30-28-35)52-42-32-51-46(31-41(42)40-21-9-13-25-47(40)55-52)54(45-24-12-14-26-50(45)58-51)43-22-10-7-19-38(43)39-20-8-11-23-44(39)54/h1-37H;1-33H. The molecular formula is C114H70N6S2. The van der Waals surface area contributed by atoms with Gasteiger partial charge in [0.15, 0.2) is 11.6 Å². The Labute approximate surface area is 714 Å². The lowest BCUT2D eigenvalue weighted by Crippen LogP contribution is -2.32. The molecule has 568 valence electrons. The fourth-order valence-electron chi connectivity index (χ4n) is 19.6. The van der Waals surface area contributed by atoms with Gasteiger partial charge in [-0.05, 0) is 149 Å². The van der Waals surface area contributed by atoms with Gasteiger partial charge >= 0.3 is 0 Å². The van der Waals surface area contributed by atoms with Crippen molar-refractivity contribution in [2.24, 2.45) is 0 Å². The molecule has 0 amide bonds. The summed E-state index contributed by atoms with van der Waals surface area (Å²) in [4.78, 5) is 36.3. The van der Waals surface area contributed by atoms with Gasteiger partial charge in [0.05, 0.1) is 56.0 Å². The van der Waals surface area contributed by atoms with Gasteiger partial charge in [-0.2, -0.15) is 0 Å². The smallest absolute Gasteiger partial charge is 0.160 e. The minimum atomic E-state index is -0.455. The van der Waals surface area contributed by atoms with Gasteiger partial charge in [0, 0.05) is 85.6 Å². The van der Waals surface area contributed by atoms with E-state index in [2.05, 4.69) is 376 Å². The number of pyridine rings is 2. The van der Waals surface area contributed by atoms with Gasteiger partial charge in [0.25, 0.3) is 0 Å². The Hall–Kier alpha value is -15.1. The summed E-state index contributed by atoms with van der Waals surface area (Å²) in [7, 11) is 0. The number of fused-ring (bicyclic) bond motifs is 24. The van der Waals surface area contributed by atoms with Crippen molar-refractivity contribution in [3.8, 4) is 124 Å². The SMILES string of the molecule is c1ccc(-c2cc(-c3ccc(-c4nc5ccccc5c5cc6c(cc45)Sc4ccccc4C64c5ccccc5-c5ccccc54)cc3)nc(-c3ccccc3)n2)cc1.c1ccc(-c2ccc(-c3cc(-c4ccc(-c5nc6ccccc6c6cc7c(cc56)Sc5ccccc5C75c6ccccc6-c6ccccc65)cc4)nc(-c4ccccc4)n3)cc2)cc1. The molecule has 6 heterocycles. The second-order valence-corrected chi connectivity index (χ2v) is 33.9. The molecule has 122 heavy (non-hydrogen) atoms. The normalized spacial score (nSPS) is 13.1. The lowest BCUT2D eigenvalue weighted by atomic mass is 9.67. The molecule has 0 N–H and O–H groups in total. The first-order valence-electron chi connectivity index (χ1n) is 41.4. The van der Waals surface area contributed by atoms with Crippen LogP contribution in [0.4, 0.5) is 0 Å². The molecule has 2 aliphatic carbocycles. The van der Waals surface area contributed by atoms with Crippen molar-refractivity contribution in [3.63, 3.8) is 0 Å². The predicted molar refractivity (Wildman–Crippen MR) is 501 cm³/mol. The highest BCUT2D eigenvalue weighted by molar-refractivity contribution is 7.99. The Bertz CT molecular complexity index is 7640. The number of aromatic nitrogens is 6. The Balaban J connectivity index is 0.000000139. The van der Waals surface area contributed by atoms with Crippen molar-refractivity contribution in [2.75, 3.05) is 0 Å². The fourth-order valence-corrected chi connectivity index (χ4v) is 22.1. The Morgan fingerprint density at radius 3 is 0.803 bits per heavy atom. The third-order valence-corrected chi connectivity index (χ3v) is 27.4. The minimum Gasteiger partial charge on any atom is -0.247 e. The monoisotopic (exact) mass is 1590 g/mol. The molecule has 0 unspecified atom stereocenters. The summed E-state index contributed by atoms with van der Waals surface area (Å²) >= 11 is 3.75. The first-order chi connectivity index (χ1) is 60.4. The maximum absolute atomic E-state index is 5.43. The van der Waals surface area contributed by atoms with E-state index in [-0.39, 0.29) is 0 Å². The molecule has 4 aromatic heterocycles. The highest BCUT2D eigenvalue weighted by atomic mass is 32.2. The molecule has 0 saturated carbocycles. The molecule has 2 spiro atoms. The van der Waals surface area contributed by atoms with Crippen LogP contribution in [0.5, 0.6) is 0 Å².